The maximum atomic E-state index is 13.7. The molecule has 0 unspecified atom stereocenters. The number of benzene rings is 3. The highest BCUT2D eigenvalue weighted by Gasteiger charge is 2.50. The Kier molecular flexibility index (Phi) is 8.38. The predicted molar refractivity (Wildman–Crippen MR) is 155 cm³/mol. The van der Waals surface area contributed by atoms with Crippen molar-refractivity contribution in [2.75, 3.05) is 13.1 Å². The van der Waals surface area contributed by atoms with Gasteiger partial charge in [0.2, 0.25) is 5.91 Å². The Morgan fingerprint density at radius 2 is 1.50 bits per heavy atom. The summed E-state index contributed by atoms with van der Waals surface area (Å²) in [6.07, 6.45) is 0.351. The molecule has 2 atom stereocenters. The molecule has 1 aliphatic heterocycles. The van der Waals surface area contributed by atoms with Crippen LogP contribution in [0.2, 0.25) is 5.02 Å². The van der Waals surface area contributed by atoms with Crippen LogP contribution in [0.3, 0.4) is 0 Å². The third-order valence-electron chi connectivity index (χ3n) is 7.87. The number of carboxylic acids is 1. The number of carbonyl (C=O) groups excluding carboxylic acids is 2. The van der Waals surface area contributed by atoms with Crippen LogP contribution in [0.4, 0.5) is 0 Å². The highest BCUT2D eigenvalue weighted by Crippen LogP contribution is 2.46. The molecule has 1 saturated heterocycles. The van der Waals surface area contributed by atoms with Crippen molar-refractivity contribution in [2.45, 2.75) is 45.8 Å². The molecule has 0 aliphatic carbocycles. The first-order valence-corrected chi connectivity index (χ1v) is 13.7. The minimum Gasteiger partial charge on any atom is -0.478 e. The summed E-state index contributed by atoms with van der Waals surface area (Å²) in [5.74, 6) is -1.79. The Hall–Kier alpha value is -3.68. The molecule has 3 aromatic rings. The van der Waals surface area contributed by atoms with Gasteiger partial charge in [0.1, 0.15) is 6.04 Å². The third-order valence-corrected chi connectivity index (χ3v) is 8.12. The van der Waals surface area contributed by atoms with Crippen LogP contribution in [0.25, 0.3) is 11.1 Å². The molecule has 0 saturated carbocycles. The van der Waals surface area contributed by atoms with Crippen molar-refractivity contribution in [1.29, 1.82) is 0 Å². The van der Waals surface area contributed by atoms with E-state index in [1.807, 2.05) is 39.8 Å². The first-order valence-electron chi connectivity index (χ1n) is 13.3. The fourth-order valence-electron chi connectivity index (χ4n) is 5.38. The number of amides is 2. The zero-order valence-electron chi connectivity index (χ0n) is 23.1. The van der Waals surface area contributed by atoms with Gasteiger partial charge in [-0.1, -0.05) is 75.7 Å². The minimum atomic E-state index is -1.14. The lowest BCUT2D eigenvalue weighted by atomic mass is 9.66. The maximum Gasteiger partial charge on any atom is 0.335 e. The number of hydrogen-bond donors (Lipinski definition) is 3. The van der Waals surface area contributed by atoms with E-state index in [4.69, 9.17) is 11.6 Å². The number of nitrogens with one attached hydrogen (secondary N) is 1. The summed E-state index contributed by atoms with van der Waals surface area (Å²) in [5, 5.41) is 24.5. The zero-order valence-corrected chi connectivity index (χ0v) is 23.9. The van der Waals surface area contributed by atoms with E-state index in [-0.39, 0.29) is 17.4 Å². The lowest BCUT2D eigenvalue weighted by molar-refractivity contribution is -0.155. The molecule has 0 spiro atoms. The third kappa shape index (κ3) is 5.91. The Morgan fingerprint density at radius 3 is 2.05 bits per heavy atom. The molecule has 1 fully saturated rings. The van der Waals surface area contributed by atoms with Gasteiger partial charge in [0.05, 0.1) is 11.2 Å². The van der Waals surface area contributed by atoms with Crippen LogP contribution < -0.4 is 5.32 Å². The van der Waals surface area contributed by atoms with E-state index in [1.54, 1.807) is 59.5 Å². The summed E-state index contributed by atoms with van der Waals surface area (Å²) < 4.78 is 0. The van der Waals surface area contributed by atoms with Crippen LogP contribution in [-0.2, 0) is 10.4 Å². The van der Waals surface area contributed by atoms with Crippen molar-refractivity contribution in [1.82, 2.24) is 10.2 Å². The molecule has 4 rings (SSSR count). The van der Waals surface area contributed by atoms with Crippen molar-refractivity contribution in [3.63, 3.8) is 0 Å². The summed E-state index contributed by atoms with van der Waals surface area (Å²) in [6, 6.07) is 19.8. The second-order valence-corrected chi connectivity index (χ2v) is 11.9. The van der Waals surface area contributed by atoms with Gasteiger partial charge in [-0.05, 0) is 65.4 Å². The van der Waals surface area contributed by atoms with E-state index in [2.05, 4.69) is 5.32 Å². The van der Waals surface area contributed by atoms with Crippen molar-refractivity contribution >= 4 is 29.4 Å². The Bertz CT molecular complexity index is 1420. The predicted octanol–water partition coefficient (Wildman–Crippen LogP) is 5.61. The lowest BCUT2D eigenvalue weighted by Gasteiger charge is -2.51. The van der Waals surface area contributed by atoms with E-state index in [9.17, 15) is 24.6 Å². The van der Waals surface area contributed by atoms with Crippen LogP contribution >= 0.6 is 11.6 Å². The molecule has 7 nitrogen and oxygen atoms in total. The molecule has 0 bridgehead atoms. The minimum absolute atomic E-state index is 0.158. The van der Waals surface area contributed by atoms with Crippen LogP contribution in [-0.4, -0.2) is 52.0 Å². The fraction of sp³-hybridized carbons (Fsp3) is 0.344. The van der Waals surface area contributed by atoms with E-state index in [0.29, 0.717) is 41.2 Å². The second-order valence-electron chi connectivity index (χ2n) is 11.4. The van der Waals surface area contributed by atoms with Gasteiger partial charge in [-0.3, -0.25) is 9.59 Å². The average molecular weight is 563 g/mol. The van der Waals surface area contributed by atoms with Gasteiger partial charge >= 0.3 is 5.97 Å². The molecule has 3 N–H and O–H groups in total. The maximum absolute atomic E-state index is 13.7. The number of hydrogen-bond acceptors (Lipinski definition) is 4. The Labute approximate surface area is 239 Å². The number of piperidine rings is 1. The molecule has 1 aliphatic rings. The summed E-state index contributed by atoms with van der Waals surface area (Å²) in [5.41, 5.74) is 0.870. The Morgan fingerprint density at radius 1 is 0.925 bits per heavy atom. The van der Waals surface area contributed by atoms with E-state index in [0.717, 1.165) is 5.56 Å². The molecule has 2 amide bonds. The number of halogens is 1. The van der Waals surface area contributed by atoms with Gasteiger partial charge < -0.3 is 20.4 Å². The summed E-state index contributed by atoms with van der Waals surface area (Å²) in [6.45, 7) is 8.31. The molecule has 210 valence electrons. The standard InChI is InChI=1S/C32H35ClN2O5/c1-20(2)27(29(37)35-16-15-32(40,31(3,4)19-35)25-11-13-26(33)14-12-25)34-28(36)23-9-5-7-21(17-23)22-8-6-10-24(18-22)30(38)39/h5-14,17-18,20,27,40H,15-16,19H2,1-4H3,(H,34,36)(H,38,39)/t27-,32+/m1/s1. The van der Waals surface area contributed by atoms with Crippen molar-refractivity contribution in [2.24, 2.45) is 11.3 Å². The van der Waals surface area contributed by atoms with Gasteiger partial charge in [0.15, 0.2) is 0 Å². The van der Waals surface area contributed by atoms with Gasteiger partial charge in [0.25, 0.3) is 5.91 Å². The van der Waals surface area contributed by atoms with Crippen molar-refractivity contribution < 1.29 is 24.6 Å². The van der Waals surface area contributed by atoms with Crippen LogP contribution in [0.1, 0.15) is 60.4 Å². The monoisotopic (exact) mass is 562 g/mol. The Balaban J connectivity index is 1.51. The van der Waals surface area contributed by atoms with Gasteiger partial charge in [0, 0.05) is 29.1 Å². The normalized spacial score (nSPS) is 19.2. The smallest absolute Gasteiger partial charge is 0.335 e. The van der Waals surface area contributed by atoms with Gasteiger partial charge in [-0.2, -0.15) is 0 Å². The molecule has 8 heteroatoms. The summed E-state index contributed by atoms with van der Waals surface area (Å²) in [4.78, 5) is 40.2. The second kappa shape index (κ2) is 11.4. The van der Waals surface area contributed by atoms with E-state index in [1.165, 1.54) is 6.07 Å². The number of carbonyl (C=O) groups is 3. The lowest BCUT2D eigenvalue weighted by Crippen LogP contribution is -2.60. The molecular formula is C32H35ClN2O5. The molecule has 3 aromatic carbocycles. The molecule has 0 aromatic heterocycles. The first-order chi connectivity index (χ1) is 18.8. The number of rotatable bonds is 7. The highest BCUT2D eigenvalue weighted by molar-refractivity contribution is 6.30. The molecule has 40 heavy (non-hydrogen) atoms. The quantitative estimate of drug-likeness (QED) is 0.347. The van der Waals surface area contributed by atoms with Crippen molar-refractivity contribution in [3.05, 3.63) is 94.5 Å². The number of aromatic carboxylic acids is 1. The number of carboxylic acid groups (broad SMARTS) is 1. The van der Waals surface area contributed by atoms with Gasteiger partial charge in [-0.25, -0.2) is 4.79 Å². The van der Waals surface area contributed by atoms with E-state index >= 15 is 0 Å². The van der Waals surface area contributed by atoms with Crippen LogP contribution in [0, 0.1) is 11.3 Å². The number of aliphatic hydroxyl groups is 1. The topological polar surface area (TPSA) is 107 Å². The number of likely N-dealkylation sites (tertiary alicyclic amines) is 1. The SMILES string of the molecule is CC(C)[C@@H](NC(=O)c1cccc(-c2cccc(C(=O)O)c2)c1)C(=O)N1CC[C@](O)(c2ccc(Cl)cc2)C(C)(C)C1. The fourth-order valence-corrected chi connectivity index (χ4v) is 5.50. The number of nitrogens with zero attached hydrogens (tertiary/aromatic N) is 1. The highest BCUT2D eigenvalue weighted by atomic mass is 35.5. The van der Waals surface area contributed by atoms with Crippen LogP contribution in [0.15, 0.2) is 72.8 Å². The average Bonchev–Trinajstić information content (AvgIpc) is 2.93. The molecule has 0 radical (unpaired) electrons. The first kappa shape index (κ1) is 29.3. The molecular weight excluding hydrogens is 528 g/mol. The molecule has 1 heterocycles. The zero-order chi connectivity index (χ0) is 29.2. The largest absolute Gasteiger partial charge is 0.478 e. The summed E-state index contributed by atoms with van der Waals surface area (Å²) in [7, 11) is 0. The van der Waals surface area contributed by atoms with E-state index < -0.39 is 28.9 Å². The van der Waals surface area contributed by atoms with Crippen molar-refractivity contribution in [3.8, 4) is 11.1 Å². The van der Waals surface area contributed by atoms with Crippen LogP contribution in [0.5, 0.6) is 0 Å². The summed E-state index contributed by atoms with van der Waals surface area (Å²) >= 11 is 6.05. The van der Waals surface area contributed by atoms with Gasteiger partial charge in [-0.15, -0.1) is 0 Å².